The topological polar surface area (TPSA) is 63.2 Å². The van der Waals surface area contributed by atoms with Gasteiger partial charge in [0.15, 0.2) is 11.5 Å². The molecule has 0 unspecified atom stereocenters. The molecule has 0 spiro atoms. The van der Waals surface area contributed by atoms with Crippen molar-refractivity contribution in [2.75, 3.05) is 20.3 Å². The summed E-state index contributed by atoms with van der Waals surface area (Å²) in [6.07, 6.45) is 3.07. The quantitative estimate of drug-likeness (QED) is 0.354. The number of carbonyl (C=O) groups is 1. The van der Waals surface area contributed by atoms with Gasteiger partial charge < -0.3 is 23.7 Å². The molecular formula is C27H26O6. The van der Waals surface area contributed by atoms with E-state index in [1.54, 1.807) is 6.08 Å². The summed E-state index contributed by atoms with van der Waals surface area (Å²) < 4.78 is 28.2. The van der Waals surface area contributed by atoms with Crippen molar-refractivity contribution >= 4 is 12.0 Å². The first-order valence-corrected chi connectivity index (χ1v) is 10.7. The summed E-state index contributed by atoms with van der Waals surface area (Å²) in [6, 6.07) is 19.4. The Bertz CT molecular complexity index is 1120. The SMILES string of the molecule is COC(=O)/C=C/c1ccc(OCc2cc3c(cc2OCc2ccc(C)cc2)OCCO3)cc1. The first-order valence-electron chi connectivity index (χ1n) is 10.7. The lowest BCUT2D eigenvalue weighted by Gasteiger charge is -2.21. The lowest BCUT2D eigenvalue weighted by Crippen LogP contribution is -2.16. The van der Waals surface area contributed by atoms with Crippen LogP contribution in [-0.4, -0.2) is 26.3 Å². The monoisotopic (exact) mass is 446 g/mol. The normalized spacial score (nSPS) is 12.4. The van der Waals surface area contributed by atoms with Gasteiger partial charge in [-0.2, -0.15) is 0 Å². The molecule has 3 aromatic rings. The van der Waals surface area contributed by atoms with E-state index in [0.29, 0.717) is 49.4 Å². The highest BCUT2D eigenvalue weighted by molar-refractivity contribution is 5.86. The van der Waals surface area contributed by atoms with Gasteiger partial charge in [-0.15, -0.1) is 0 Å². The first-order chi connectivity index (χ1) is 16.1. The van der Waals surface area contributed by atoms with E-state index in [1.165, 1.54) is 18.7 Å². The van der Waals surface area contributed by atoms with Gasteiger partial charge in [0.05, 0.1) is 7.11 Å². The Morgan fingerprint density at radius 3 is 2.30 bits per heavy atom. The van der Waals surface area contributed by atoms with Crippen LogP contribution in [0.4, 0.5) is 0 Å². The molecule has 4 rings (SSSR count). The van der Waals surface area contributed by atoms with E-state index in [0.717, 1.165) is 16.7 Å². The van der Waals surface area contributed by atoms with Crippen LogP contribution < -0.4 is 18.9 Å². The van der Waals surface area contributed by atoms with Crippen molar-refractivity contribution in [2.24, 2.45) is 0 Å². The third kappa shape index (κ3) is 6.07. The molecule has 0 aromatic heterocycles. The third-order valence-electron chi connectivity index (χ3n) is 5.13. The Morgan fingerprint density at radius 1 is 0.909 bits per heavy atom. The highest BCUT2D eigenvalue weighted by atomic mass is 16.6. The summed E-state index contributed by atoms with van der Waals surface area (Å²) in [5.74, 6) is 2.35. The van der Waals surface area contributed by atoms with Gasteiger partial charge in [0, 0.05) is 17.7 Å². The number of fused-ring (bicyclic) bond motifs is 1. The summed E-state index contributed by atoms with van der Waals surface area (Å²) in [6.45, 7) is 3.82. The summed E-state index contributed by atoms with van der Waals surface area (Å²) in [5, 5.41) is 0. The van der Waals surface area contributed by atoms with Crippen LogP contribution in [0.1, 0.15) is 22.3 Å². The Morgan fingerprint density at radius 2 is 1.61 bits per heavy atom. The van der Waals surface area contributed by atoms with Gasteiger partial charge in [0.1, 0.15) is 37.9 Å². The highest BCUT2D eigenvalue weighted by Gasteiger charge is 2.17. The average Bonchev–Trinajstić information content (AvgIpc) is 2.86. The maximum absolute atomic E-state index is 11.2. The fraction of sp³-hybridized carbons (Fsp3) is 0.222. The number of rotatable bonds is 8. The standard InChI is InChI=1S/C27H26O6/c1-19-3-5-21(6-4-19)17-33-24-16-26-25(30-13-14-31-26)15-22(24)18-32-23-10-7-20(8-11-23)9-12-27(28)29-2/h3-12,15-16H,13-14,17-18H2,1-2H3/b12-9+. The molecule has 0 saturated carbocycles. The summed E-state index contributed by atoms with van der Waals surface area (Å²) in [5.41, 5.74) is 4.02. The fourth-order valence-electron chi connectivity index (χ4n) is 3.27. The molecule has 0 amide bonds. The molecule has 0 bridgehead atoms. The van der Waals surface area contributed by atoms with Gasteiger partial charge in [-0.1, -0.05) is 42.0 Å². The number of esters is 1. The highest BCUT2D eigenvalue weighted by Crippen LogP contribution is 2.37. The molecule has 1 heterocycles. The molecule has 33 heavy (non-hydrogen) atoms. The van der Waals surface area contributed by atoms with E-state index in [9.17, 15) is 4.79 Å². The lowest BCUT2D eigenvalue weighted by atomic mass is 10.1. The van der Waals surface area contributed by atoms with Crippen LogP contribution in [-0.2, 0) is 22.7 Å². The van der Waals surface area contributed by atoms with Crippen LogP contribution in [0.3, 0.4) is 0 Å². The molecule has 6 nitrogen and oxygen atoms in total. The molecule has 0 radical (unpaired) electrons. The van der Waals surface area contributed by atoms with Crippen LogP contribution in [0.2, 0.25) is 0 Å². The minimum atomic E-state index is -0.396. The average molecular weight is 446 g/mol. The predicted octanol–water partition coefficient (Wildman–Crippen LogP) is 5.11. The molecule has 6 heteroatoms. The number of hydrogen-bond donors (Lipinski definition) is 0. The number of benzene rings is 3. The Labute approximate surface area is 193 Å². The smallest absolute Gasteiger partial charge is 0.330 e. The van der Waals surface area contributed by atoms with Crippen molar-refractivity contribution in [1.82, 2.24) is 0 Å². The Balaban J connectivity index is 1.47. The Kier molecular flexibility index (Phi) is 7.15. The molecule has 0 saturated heterocycles. The summed E-state index contributed by atoms with van der Waals surface area (Å²) >= 11 is 0. The zero-order valence-corrected chi connectivity index (χ0v) is 18.7. The van der Waals surface area contributed by atoms with Crippen molar-refractivity contribution in [3.05, 3.63) is 89.0 Å². The van der Waals surface area contributed by atoms with Crippen LogP contribution in [0, 0.1) is 6.92 Å². The van der Waals surface area contributed by atoms with Crippen LogP contribution in [0.15, 0.2) is 66.7 Å². The maximum Gasteiger partial charge on any atom is 0.330 e. The van der Waals surface area contributed by atoms with Gasteiger partial charge in [-0.05, 0) is 42.3 Å². The van der Waals surface area contributed by atoms with E-state index >= 15 is 0 Å². The number of carbonyl (C=O) groups excluding carboxylic acids is 1. The van der Waals surface area contributed by atoms with E-state index < -0.39 is 5.97 Å². The first kappa shape index (κ1) is 22.3. The molecule has 170 valence electrons. The zero-order chi connectivity index (χ0) is 23.0. The molecule has 0 N–H and O–H groups in total. The number of aryl methyl sites for hydroxylation is 1. The van der Waals surface area contributed by atoms with Crippen molar-refractivity contribution in [3.8, 4) is 23.0 Å². The van der Waals surface area contributed by atoms with Crippen LogP contribution in [0.5, 0.6) is 23.0 Å². The third-order valence-corrected chi connectivity index (χ3v) is 5.13. The molecule has 0 fully saturated rings. The maximum atomic E-state index is 11.2. The van der Waals surface area contributed by atoms with Gasteiger partial charge in [-0.3, -0.25) is 0 Å². The molecule has 1 aliphatic rings. The fourth-order valence-corrected chi connectivity index (χ4v) is 3.27. The lowest BCUT2D eigenvalue weighted by molar-refractivity contribution is -0.134. The predicted molar refractivity (Wildman–Crippen MR) is 125 cm³/mol. The van der Waals surface area contributed by atoms with E-state index in [4.69, 9.17) is 18.9 Å². The van der Waals surface area contributed by atoms with Crippen LogP contribution in [0.25, 0.3) is 6.08 Å². The second kappa shape index (κ2) is 10.6. The van der Waals surface area contributed by atoms with E-state index in [-0.39, 0.29) is 0 Å². The van der Waals surface area contributed by atoms with Crippen molar-refractivity contribution in [1.29, 1.82) is 0 Å². The molecular weight excluding hydrogens is 420 g/mol. The minimum absolute atomic E-state index is 0.303. The van der Waals surface area contributed by atoms with Gasteiger partial charge in [0.25, 0.3) is 0 Å². The number of methoxy groups -OCH3 is 1. The van der Waals surface area contributed by atoms with Gasteiger partial charge in [-0.25, -0.2) is 4.79 Å². The zero-order valence-electron chi connectivity index (χ0n) is 18.7. The van der Waals surface area contributed by atoms with Gasteiger partial charge >= 0.3 is 5.97 Å². The van der Waals surface area contributed by atoms with E-state index in [1.807, 2.05) is 36.4 Å². The summed E-state index contributed by atoms with van der Waals surface area (Å²) in [4.78, 5) is 11.2. The largest absolute Gasteiger partial charge is 0.489 e. The number of hydrogen-bond acceptors (Lipinski definition) is 6. The molecule has 3 aromatic carbocycles. The molecule has 0 atom stereocenters. The Hall–Kier alpha value is -3.93. The van der Waals surface area contributed by atoms with Crippen molar-refractivity contribution in [3.63, 3.8) is 0 Å². The number of ether oxygens (including phenoxy) is 5. The molecule has 1 aliphatic heterocycles. The second-order valence-electron chi connectivity index (χ2n) is 7.59. The van der Waals surface area contributed by atoms with Crippen molar-refractivity contribution < 1.29 is 28.5 Å². The van der Waals surface area contributed by atoms with Crippen molar-refractivity contribution in [2.45, 2.75) is 20.1 Å². The van der Waals surface area contributed by atoms with E-state index in [2.05, 4.69) is 35.9 Å². The summed E-state index contributed by atoms with van der Waals surface area (Å²) in [7, 11) is 1.35. The van der Waals surface area contributed by atoms with Crippen LogP contribution >= 0.6 is 0 Å². The minimum Gasteiger partial charge on any atom is -0.489 e. The second-order valence-corrected chi connectivity index (χ2v) is 7.59. The molecule has 0 aliphatic carbocycles. The van der Waals surface area contributed by atoms with Gasteiger partial charge in [0.2, 0.25) is 0 Å².